The summed E-state index contributed by atoms with van der Waals surface area (Å²) in [6, 6.07) is 20.4. The van der Waals surface area contributed by atoms with Gasteiger partial charge >= 0.3 is 0 Å². The molecule has 1 N–H and O–H groups in total. The molecule has 6 heteroatoms. The van der Waals surface area contributed by atoms with Gasteiger partial charge in [-0.1, -0.05) is 53.6 Å². The summed E-state index contributed by atoms with van der Waals surface area (Å²) in [5, 5.41) is 3.54. The van der Waals surface area contributed by atoms with E-state index in [-0.39, 0.29) is 24.8 Å². The van der Waals surface area contributed by atoms with Gasteiger partial charge in [-0.25, -0.2) is 0 Å². The Balaban J connectivity index is 1.60. The van der Waals surface area contributed by atoms with Gasteiger partial charge in [0.05, 0.1) is 23.5 Å². The van der Waals surface area contributed by atoms with E-state index in [0.29, 0.717) is 22.1 Å². The van der Waals surface area contributed by atoms with Gasteiger partial charge in [-0.15, -0.1) is 0 Å². The molecule has 3 aromatic rings. The van der Waals surface area contributed by atoms with Gasteiger partial charge in [0.15, 0.2) is 0 Å². The Bertz CT molecular complexity index is 1190. The number of aliphatic imine (C=N–C) groups is 1. The number of halogens is 1. The zero-order valence-electron chi connectivity index (χ0n) is 17.4. The molecule has 0 bridgehead atoms. The van der Waals surface area contributed by atoms with Crippen molar-refractivity contribution in [3.63, 3.8) is 0 Å². The molecule has 0 spiro atoms. The number of carbonyl (C=O) groups excluding carboxylic acids is 2. The summed E-state index contributed by atoms with van der Waals surface area (Å²) in [5.41, 5.74) is 5.58. The van der Waals surface area contributed by atoms with E-state index >= 15 is 0 Å². The van der Waals surface area contributed by atoms with E-state index in [2.05, 4.69) is 5.32 Å². The van der Waals surface area contributed by atoms with Crippen LogP contribution in [0.3, 0.4) is 0 Å². The third-order valence-electron chi connectivity index (χ3n) is 5.18. The maximum absolute atomic E-state index is 13.2. The fourth-order valence-corrected chi connectivity index (χ4v) is 3.74. The van der Waals surface area contributed by atoms with Crippen molar-refractivity contribution in [3.8, 4) is 0 Å². The number of carbonyl (C=O) groups is 2. The first kappa shape index (κ1) is 20.8. The van der Waals surface area contributed by atoms with E-state index in [4.69, 9.17) is 16.6 Å². The van der Waals surface area contributed by atoms with E-state index in [1.54, 1.807) is 12.1 Å². The van der Waals surface area contributed by atoms with Crippen LogP contribution in [0.1, 0.15) is 23.1 Å². The van der Waals surface area contributed by atoms with Crippen molar-refractivity contribution in [2.24, 2.45) is 4.99 Å². The molecule has 1 aliphatic rings. The zero-order chi connectivity index (χ0) is 22.0. The van der Waals surface area contributed by atoms with Crippen molar-refractivity contribution in [2.45, 2.75) is 20.3 Å². The molecule has 0 saturated carbocycles. The van der Waals surface area contributed by atoms with Crippen molar-refractivity contribution in [2.75, 3.05) is 16.8 Å². The molecule has 3 aromatic carbocycles. The highest BCUT2D eigenvalue weighted by Gasteiger charge is 2.26. The Labute approximate surface area is 186 Å². The molecule has 0 unspecified atom stereocenters. The van der Waals surface area contributed by atoms with E-state index in [1.165, 1.54) is 4.90 Å². The fourth-order valence-electron chi connectivity index (χ4n) is 3.61. The van der Waals surface area contributed by atoms with Crippen LogP contribution in [0.15, 0.2) is 71.7 Å². The SMILES string of the molecule is Cc1ccc(NC(=O)CN2C(=O)CC(c3ccc(Cl)cc3)=Nc3ccccc32)c(C)c1. The number of benzene rings is 3. The summed E-state index contributed by atoms with van der Waals surface area (Å²) < 4.78 is 0. The Morgan fingerprint density at radius 2 is 1.81 bits per heavy atom. The van der Waals surface area contributed by atoms with E-state index in [0.717, 1.165) is 22.4 Å². The number of hydrogen-bond donors (Lipinski definition) is 1. The quantitative estimate of drug-likeness (QED) is 0.596. The third-order valence-corrected chi connectivity index (χ3v) is 5.43. The lowest BCUT2D eigenvalue weighted by Crippen LogP contribution is -2.38. The zero-order valence-corrected chi connectivity index (χ0v) is 18.1. The van der Waals surface area contributed by atoms with Crippen LogP contribution in [0.2, 0.25) is 5.02 Å². The van der Waals surface area contributed by atoms with Crippen molar-refractivity contribution in [1.29, 1.82) is 0 Å². The van der Waals surface area contributed by atoms with Gasteiger partial charge in [0.25, 0.3) is 0 Å². The lowest BCUT2D eigenvalue weighted by Gasteiger charge is -2.22. The second-order valence-electron chi connectivity index (χ2n) is 7.58. The molecule has 0 fully saturated rings. The van der Waals surface area contributed by atoms with Crippen LogP contribution in [0.5, 0.6) is 0 Å². The second kappa shape index (κ2) is 8.74. The molecule has 2 amide bonds. The molecule has 4 rings (SSSR count). The maximum atomic E-state index is 13.2. The van der Waals surface area contributed by atoms with E-state index < -0.39 is 0 Å². The summed E-state index contributed by atoms with van der Waals surface area (Å²) in [4.78, 5) is 32.2. The lowest BCUT2D eigenvalue weighted by atomic mass is 10.1. The molecule has 0 radical (unpaired) electrons. The molecule has 0 aromatic heterocycles. The minimum absolute atomic E-state index is 0.0904. The van der Waals surface area contributed by atoms with Gasteiger partial charge in [0.1, 0.15) is 6.54 Å². The number of fused-ring (bicyclic) bond motifs is 1. The van der Waals surface area contributed by atoms with Crippen LogP contribution in [-0.4, -0.2) is 24.1 Å². The van der Waals surface area contributed by atoms with Gasteiger partial charge < -0.3 is 10.2 Å². The van der Waals surface area contributed by atoms with E-state index in [1.807, 2.05) is 68.4 Å². The number of hydrogen-bond acceptors (Lipinski definition) is 3. The smallest absolute Gasteiger partial charge is 0.244 e. The number of rotatable bonds is 4. The Kier molecular flexibility index (Phi) is 5.87. The largest absolute Gasteiger partial charge is 0.324 e. The van der Waals surface area contributed by atoms with Crippen LogP contribution in [0, 0.1) is 13.8 Å². The minimum Gasteiger partial charge on any atom is -0.324 e. The maximum Gasteiger partial charge on any atom is 0.244 e. The summed E-state index contributed by atoms with van der Waals surface area (Å²) in [7, 11) is 0. The van der Waals surface area contributed by atoms with Gasteiger partial charge in [-0.05, 0) is 55.3 Å². The number of para-hydroxylation sites is 2. The number of anilines is 2. The first-order chi connectivity index (χ1) is 14.9. The number of aryl methyl sites for hydroxylation is 2. The summed E-state index contributed by atoms with van der Waals surface area (Å²) in [6.07, 6.45) is 0.0904. The average Bonchev–Trinajstić information content (AvgIpc) is 2.87. The van der Waals surface area contributed by atoms with Crippen molar-refractivity contribution < 1.29 is 9.59 Å². The Morgan fingerprint density at radius 3 is 2.55 bits per heavy atom. The molecular formula is C25H22ClN3O2. The van der Waals surface area contributed by atoms with Crippen molar-refractivity contribution in [3.05, 3.63) is 88.4 Å². The molecule has 0 saturated heterocycles. The number of amides is 2. The van der Waals surface area contributed by atoms with Gasteiger partial charge in [0.2, 0.25) is 11.8 Å². The van der Waals surface area contributed by atoms with Crippen LogP contribution in [-0.2, 0) is 9.59 Å². The van der Waals surface area contributed by atoms with Crippen molar-refractivity contribution >= 4 is 46.2 Å². The van der Waals surface area contributed by atoms with Gasteiger partial charge in [-0.3, -0.25) is 14.6 Å². The molecule has 0 aliphatic carbocycles. The molecular weight excluding hydrogens is 410 g/mol. The van der Waals surface area contributed by atoms with Crippen LogP contribution >= 0.6 is 11.6 Å². The summed E-state index contributed by atoms with van der Waals surface area (Å²) in [5.74, 6) is -0.445. The molecule has 5 nitrogen and oxygen atoms in total. The lowest BCUT2D eigenvalue weighted by molar-refractivity contribution is -0.120. The number of nitrogens with one attached hydrogen (secondary N) is 1. The normalized spacial score (nSPS) is 13.3. The number of nitrogens with zero attached hydrogens (tertiary/aromatic N) is 2. The first-order valence-electron chi connectivity index (χ1n) is 10.0. The molecule has 1 aliphatic heterocycles. The molecule has 0 atom stereocenters. The molecule has 1 heterocycles. The van der Waals surface area contributed by atoms with Gasteiger partial charge in [0, 0.05) is 10.7 Å². The topological polar surface area (TPSA) is 61.8 Å². The van der Waals surface area contributed by atoms with Crippen LogP contribution in [0.25, 0.3) is 0 Å². The fraction of sp³-hybridized carbons (Fsp3) is 0.160. The predicted octanol–water partition coefficient (Wildman–Crippen LogP) is 5.45. The van der Waals surface area contributed by atoms with Crippen molar-refractivity contribution in [1.82, 2.24) is 0 Å². The molecule has 31 heavy (non-hydrogen) atoms. The third kappa shape index (κ3) is 4.67. The highest BCUT2D eigenvalue weighted by atomic mass is 35.5. The minimum atomic E-state index is -0.259. The Morgan fingerprint density at radius 1 is 1.06 bits per heavy atom. The van der Waals surface area contributed by atoms with Crippen LogP contribution in [0.4, 0.5) is 17.1 Å². The van der Waals surface area contributed by atoms with Gasteiger partial charge in [-0.2, -0.15) is 0 Å². The molecule has 156 valence electrons. The summed E-state index contributed by atoms with van der Waals surface area (Å²) in [6.45, 7) is 3.86. The monoisotopic (exact) mass is 431 g/mol. The predicted molar refractivity (Wildman–Crippen MR) is 126 cm³/mol. The highest BCUT2D eigenvalue weighted by molar-refractivity contribution is 6.30. The average molecular weight is 432 g/mol. The Hall–Kier alpha value is -3.44. The first-order valence-corrected chi connectivity index (χ1v) is 10.4. The van der Waals surface area contributed by atoms with Crippen LogP contribution < -0.4 is 10.2 Å². The highest BCUT2D eigenvalue weighted by Crippen LogP contribution is 2.33. The standard InChI is InChI=1S/C25H22ClN3O2/c1-16-7-12-20(17(2)13-16)28-24(30)15-29-23-6-4-3-5-21(23)27-22(14-25(29)31)18-8-10-19(26)11-9-18/h3-13H,14-15H2,1-2H3,(H,28,30). The van der Waals surface area contributed by atoms with E-state index in [9.17, 15) is 9.59 Å². The summed E-state index contributed by atoms with van der Waals surface area (Å²) >= 11 is 6.00. The second-order valence-corrected chi connectivity index (χ2v) is 8.01.